The van der Waals surface area contributed by atoms with Gasteiger partial charge in [-0.05, 0) is 48.2 Å². The zero-order valence-corrected chi connectivity index (χ0v) is 19.2. The molecule has 2 aromatic heterocycles. The number of nitrogens with zero attached hydrogens (tertiary/aromatic N) is 4. The predicted octanol–water partition coefficient (Wildman–Crippen LogP) is 3.34. The maximum Gasteiger partial charge on any atom is 0.332 e. The van der Waals surface area contributed by atoms with Crippen LogP contribution in [-0.4, -0.2) is 30.4 Å². The van der Waals surface area contributed by atoms with E-state index in [1.807, 2.05) is 36.4 Å². The second-order valence-electron chi connectivity index (χ2n) is 7.76. The standard InChI is InChI=1S/C24H25ClN4O4/c1-3-16-6-4-7-19(14-16)33-23-26-21-20(29(23)15-17-8-10-18(25)11-9-17)22(31)28(12-5-13-30)24(32)27(21)2/h4,6-11,14,30H,3,5,12-13,15H2,1-2H3. The van der Waals surface area contributed by atoms with E-state index in [0.717, 1.165) is 22.1 Å². The van der Waals surface area contributed by atoms with Crippen LogP contribution in [0.3, 0.4) is 0 Å². The molecule has 0 unspecified atom stereocenters. The molecule has 0 aliphatic heterocycles. The number of hydrogen-bond acceptors (Lipinski definition) is 5. The molecular formula is C24H25ClN4O4. The van der Waals surface area contributed by atoms with E-state index < -0.39 is 11.2 Å². The first kappa shape index (κ1) is 22.8. The van der Waals surface area contributed by atoms with Gasteiger partial charge in [0.25, 0.3) is 5.56 Å². The Hall–Kier alpha value is -3.36. The van der Waals surface area contributed by atoms with E-state index in [9.17, 15) is 14.7 Å². The number of fused-ring (bicyclic) bond motifs is 1. The lowest BCUT2D eigenvalue weighted by Gasteiger charge is -2.12. The van der Waals surface area contributed by atoms with Crippen molar-refractivity contribution in [3.05, 3.63) is 85.5 Å². The number of rotatable bonds is 8. The average Bonchev–Trinajstić information content (AvgIpc) is 3.17. The van der Waals surface area contributed by atoms with Gasteiger partial charge < -0.3 is 9.84 Å². The Bertz CT molecular complexity index is 1400. The topological polar surface area (TPSA) is 91.3 Å². The van der Waals surface area contributed by atoms with Crippen LogP contribution in [0.15, 0.2) is 58.1 Å². The van der Waals surface area contributed by atoms with Gasteiger partial charge in [-0.15, -0.1) is 0 Å². The molecule has 0 fully saturated rings. The summed E-state index contributed by atoms with van der Waals surface area (Å²) in [7, 11) is 1.57. The highest BCUT2D eigenvalue weighted by Crippen LogP contribution is 2.26. The summed E-state index contributed by atoms with van der Waals surface area (Å²) >= 11 is 6.03. The molecule has 0 saturated heterocycles. The number of ether oxygens (including phenoxy) is 1. The van der Waals surface area contributed by atoms with Crippen LogP contribution in [0.25, 0.3) is 11.2 Å². The molecule has 4 aromatic rings. The second kappa shape index (κ2) is 9.64. The summed E-state index contributed by atoms with van der Waals surface area (Å²) in [4.78, 5) is 30.7. The number of aromatic nitrogens is 4. The Morgan fingerprint density at radius 2 is 1.82 bits per heavy atom. The van der Waals surface area contributed by atoms with Gasteiger partial charge in [-0.3, -0.25) is 18.5 Å². The first-order chi connectivity index (χ1) is 15.9. The smallest absolute Gasteiger partial charge is 0.332 e. The van der Waals surface area contributed by atoms with Gasteiger partial charge >= 0.3 is 11.7 Å². The van der Waals surface area contributed by atoms with Gasteiger partial charge in [0, 0.05) is 25.2 Å². The van der Waals surface area contributed by atoms with Crippen LogP contribution in [-0.2, 0) is 26.6 Å². The summed E-state index contributed by atoms with van der Waals surface area (Å²) in [6.07, 6.45) is 1.14. The Balaban J connectivity index is 1.92. The minimum Gasteiger partial charge on any atom is -0.425 e. The molecule has 2 heterocycles. The van der Waals surface area contributed by atoms with Crippen molar-refractivity contribution in [2.45, 2.75) is 32.9 Å². The van der Waals surface area contributed by atoms with Crippen LogP contribution in [0.4, 0.5) is 0 Å². The maximum absolute atomic E-state index is 13.4. The molecule has 0 atom stereocenters. The third-order valence-corrected chi connectivity index (χ3v) is 5.76. The zero-order chi connectivity index (χ0) is 23.5. The monoisotopic (exact) mass is 468 g/mol. The molecule has 0 radical (unpaired) electrons. The first-order valence-corrected chi connectivity index (χ1v) is 11.1. The second-order valence-corrected chi connectivity index (χ2v) is 8.19. The number of halogens is 1. The maximum atomic E-state index is 13.4. The Morgan fingerprint density at radius 3 is 2.52 bits per heavy atom. The fraction of sp³-hybridized carbons (Fsp3) is 0.292. The molecule has 2 aromatic carbocycles. The largest absolute Gasteiger partial charge is 0.425 e. The Morgan fingerprint density at radius 1 is 1.06 bits per heavy atom. The van der Waals surface area contributed by atoms with Crippen LogP contribution in [0.5, 0.6) is 11.8 Å². The van der Waals surface area contributed by atoms with Gasteiger partial charge in [0.1, 0.15) is 5.75 Å². The Kier molecular flexibility index (Phi) is 6.67. The van der Waals surface area contributed by atoms with E-state index in [1.165, 1.54) is 4.57 Å². The van der Waals surface area contributed by atoms with E-state index in [-0.39, 0.29) is 30.3 Å². The fourth-order valence-corrected chi connectivity index (χ4v) is 3.83. The summed E-state index contributed by atoms with van der Waals surface area (Å²) in [5, 5.41) is 9.81. The molecule has 8 nitrogen and oxygen atoms in total. The summed E-state index contributed by atoms with van der Waals surface area (Å²) in [5.41, 5.74) is 1.52. The fourth-order valence-electron chi connectivity index (χ4n) is 3.71. The molecule has 9 heteroatoms. The van der Waals surface area contributed by atoms with E-state index in [4.69, 9.17) is 16.3 Å². The number of benzene rings is 2. The number of aliphatic hydroxyl groups excluding tert-OH is 1. The summed E-state index contributed by atoms with van der Waals surface area (Å²) in [5.74, 6) is 0.590. The van der Waals surface area contributed by atoms with E-state index in [1.54, 1.807) is 23.7 Å². The molecule has 0 aliphatic rings. The highest BCUT2D eigenvalue weighted by atomic mass is 35.5. The molecule has 0 saturated carbocycles. The van der Waals surface area contributed by atoms with Crippen molar-refractivity contribution in [3.8, 4) is 11.8 Å². The van der Waals surface area contributed by atoms with Crippen molar-refractivity contribution >= 4 is 22.8 Å². The zero-order valence-electron chi connectivity index (χ0n) is 18.5. The lowest BCUT2D eigenvalue weighted by molar-refractivity contribution is 0.277. The predicted molar refractivity (Wildman–Crippen MR) is 127 cm³/mol. The third-order valence-electron chi connectivity index (χ3n) is 5.51. The molecule has 1 N–H and O–H groups in total. The summed E-state index contributed by atoms with van der Waals surface area (Å²) < 4.78 is 10.3. The highest BCUT2D eigenvalue weighted by molar-refractivity contribution is 6.30. The molecular weight excluding hydrogens is 444 g/mol. The molecule has 0 spiro atoms. The van der Waals surface area contributed by atoms with Crippen molar-refractivity contribution in [1.82, 2.24) is 18.7 Å². The molecule has 0 aliphatic carbocycles. The normalized spacial score (nSPS) is 11.3. The average molecular weight is 469 g/mol. The van der Waals surface area contributed by atoms with Crippen molar-refractivity contribution < 1.29 is 9.84 Å². The van der Waals surface area contributed by atoms with Crippen LogP contribution in [0, 0.1) is 0 Å². The quantitative estimate of drug-likeness (QED) is 0.428. The van der Waals surface area contributed by atoms with Gasteiger partial charge in [0.05, 0.1) is 6.54 Å². The van der Waals surface area contributed by atoms with Crippen LogP contribution >= 0.6 is 11.6 Å². The van der Waals surface area contributed by atoms with Gasteiger partial charge in [-0.25, -0.2) is 4.79 Å². The van der Waals surface area contributed by atoms with E-state index in [2.05, 4.69) is 11.9 Å². The van der Waals surface area contributed by atoms with E-state index in [0.29, 0.717) is 23.7 Å². The molecule has 4 rings (SSSR count). The molecule has 0 amide bonds. The summed E-state index contributed by atoms with van der Waals surface area (Å²) in [6.45, 7) is 2.34. The number of hydrogen-bond donors (Lipinski definition) is 1. The molecule has 0 bridgehead atoms. The minimum absolute atomic E-state index is 0.110. The van der Waals surface area contributed by atoms with Crippen LogP contribution < -0.4 is 16.0 Å². The minimum atomic E-state index is -0.489. The van der Waals surface area contributed by atoms with Gasteiger partial charge in [0.2, 0.25) is 0 Å². The number of imidazole rings is 1. The SMILES string of the molecule is CCc1cccc(Oc2nc3c(c(=O)n(CCCO)c(=O)n3C)n2Cc2ccc(Cl)cc2)c1. The first-order valence-electron chi connectivity index (χ1n) is 10.7. The van der Waals surface area contributed by atoms with E-state index >= 15 is 0 Å². The van der Waals surface area contributed by atoms with Crippen molar-refractivity contribution in [3.63, 3.8) is 0 Å². The van der Waals surface area contributed by atoms with Crippen molar-refractivity contribution in [1.29, 1.82) is 0 Å². The van der Waals surface area contributed by atoms with Gasteiger partial charge in [-0.2, -0.15) is 4.98 Å². The van der Waals surface area contributed by atoms with Crippen LogP contribution in [0.1, 0.15) is 24.5 Å². The van der Waals surface area contributed by atoms with Gasteiger partial charge in [-0.1, -0.05) is 42.8 Å². The number of aryl methyl sites for hydroxylation is 2. The van der Waals surface area contributed by atoms with Crippen LogP contribution in [0.2, 0.25) is 5.02 Å². The third kappa shape index (κ3) is 4.58. The van der Waals surface area contributed by atoms with Gasteiger partial charge in [0.15, 0.2) is 11.2 Å². The number of aliphatic hydroxyl groups is 1. The highest BCUT2D eigenvalue weighted by Gasteiger charge is 2.22. The molecule has 172 valence electrons. The van der Waals surface area contributed by atoms with Crippen molar-refractivity contribution in [2.75, 3.05) is 6.61 Å². The molecule has 33 heavy (non-hydrogen) atoms. The Labute approximate surface area is 195 Å². The van der Waals surface area contributed by atoms with Crippen molar-refractivity contribution in [2.24, 2.45) is 7.05 Å². The lowest BCUT2D eigenvalue weighted by Crippen LogP contribution is -2.39. The lowest BCUT2D eigenvalue weighted by atomic mass is 10.2. The summed E-state index contributed by atoms with van der Waals surface area (Å²) in [6, 6.07) is 15.1.